The van der Waals surface area contributed by atoms with Crippen LogP contribution in [0.25, 0.3) is 10.9 Å². The predicted octanol–water partition coefficient (Wildman–Crippen LogP) is 3.04. The maximum atomic E-state index is 14.0. The summed E-state index contributed by atoms with van der Waals surface area (Å²) in [6, 6.07) is 8.48. The number of aromatic amines is 1. The lowest BCUT2D eigenvalue weighted by Gasteiger charge is -2.22. The van der Waals surface area contributed by atoms with Gasteiger partial charge in [-0.25, -0.2) is 17.6 Å². The van der Waals surface area contributed by atoms with Crippen molar-refractivity contribution in [2.24, 2.45) is 5.92 Å². The lowest BCUT2D eigenvalue weighted by Crippen LogP contribution is -2.47. The highest BCUT2D eigenvalue weighted by molar-refractivity contribution is 7.89. The summed E-state index contributed by atoms with van der Waals surface area (Å²) in [7, 11) is -3.04. The second-order valence-corrected chi connectivity index (χ2v) is 8.90. The van der Waals surface area contributed by atoms with E-state index >= 15 is 0 Å². The van der Waals surface area contributed by atoms with Crippen molar-refractivity contribution in [2.45, 2.75) is 24.8 Å². The fourth-order valence-electron chi connectivity index (χ4n) is 3.12. The second-order valence-electron chi connectivity index (χ2n) is 7.22. The summed E-state index contributed by atoms with van der Waals surface area (Å²) in [5.41, 5.74) is 1.10. The molecule has 31 heavy (non-hydrogen) atoms. The van der Waals surface area contributed by atoms with Gasteiger partial charge in [-0.15, -0.1) is 0 Å². The molecule has 0 spiro atoms. The minimum Gasteiger partial charge on any atom is -0.465 e. The molecular weight excluding hydrogens is 425 g/mol. The van der Waals surface area contributed by atoms with Crippen LogP contribution in [-0.2, 0) is 19.6 Å². The van der Waals surface area contributed by atoms with Crippen LogP contribution in [0.1, 0.15) is 24.2 Å². The van der Waals surface area contributed by atoms with Gasteiger partial charge >= 0.3 is 5.97 Å². The number of rotatable bonds is 7. The Kier molecular flexibility index (Phi) is 6.42. The number of amides is 1. The summed E-state index contributed by atoms with van der Waals surface area (Å²) in [4.78, 5) is 27.4. The molecule has 0 saturated carbocycles. The number of hydrogen-bond donors (Lipinski definition) is 3. The molecule has 0 aliphatic carbocycles. The molecular formula is C21H22FN3O5S. The highest BCUT2D eigenvalue weighted by Gasteiger charge is 2.30. The van der Waals surface area contributed by atoms with E-state index in [4.69, 9.17) is 4.74 Å². The van der Waals surface area contributed by atoms with E-state index in [1.807, 2.05) is 0 Å². The first kappa shape index (κ1) is 22.4. The van der Waals surface area contributed by atoms with Crippen LogP contribution in [0.3, 0.4) is 0 Å². The van der Waals surface area contributed by atoms with E-state index in [0.29, 0.717) is 10.9 Å². The molecule has 8 nitrogen and oxygen atoms in total. The molecule has 0 unspecified atom stereocenters. The highest BCUT2D eigenvalue weighted by atomic mass is 32.2. The van der Waals surface area contributed by atoms with Crippen LogP contribution in [-0.4, -0.2) is 38.4 Å². The van der Waals surface area contributed by atoms with E-state index in [2.05, 4.69) is 15.0 Å². The third kappa shape index (κ3) is 4.75. The zero-order chi connectivity index (χ0) is 22.8. The number of halogens is 1. The summed E-state index contributed by atoms with van der Waals surface area (Å²) < 4.78 is 46.4. The molecule has 1 atom stereocenters. The zero-order valence-corrected chi connectivity index (χ0v) is 17.9. The number of benzene rings is 2. The number of hydrogen-bond acceptors (Lipinski definition) is 5. The third-order valence-corrected chi connectivity index (χ3v) is 6.17. The largest absolute Gasteiger partial charge is 0.465 e. The zero-order valence-electron chi connectivity index (χ0n) is 17.1. The lowest BCUT2D eigenvalue weighted by molar-refractivity contribution is -0.118. The molecule has 0 bridgehead atoms. The van der Waals surface area contributed by atoms with Crippen molar-refractivity contribution < 1.29 is 27.1 Å². The van der Waals surface area contributed by atoms with Gasteiger partial charge in [0.05, 0.1) is 12.7 Å². The molecule has 164 valence electrons. The van der Waals surface area contributed by atoms with Crippen LogP contribution < -0.4 is 10.0 Å². The van der Waals surface area contributed by atoms with Gasteiger partial charge < -0.3 is 15.0 Å². The Morgan fingerprint density at radius 1 is 1.13 bits per heavy atom. The Morgan fingerprint density at radius 3 is 2.48 bits per heavy atom. The summed E-state index contributed by atoms with van der Waals surface area (Å²) in [6.07, 6.45) is 1.64. The van der Waals surface area contributed by atoms with Gasteiger partial charge in [0.15, 0.2) is 0 Å². The number of methoxy groups -OCH3 is 1. The standard InChI is InChI=1S/C21H22FN3O5S/c1-12(2)19(25-31(28,29)18-7-5-4-6-16(18)22)20(26)24-13-10-15(21(27)30-3)14-8-9-23-17(14)11-13/h4-12,19,23,25H,1-3H3,(H,24,26)/t19-/m0/s1. The fourth-order valence-corrected chi connectivity index (χ4v) is 4.55. The predicted molar refractivity (Wildman–Crippen MR) is 114 cm³/mol. The van der Waals surface area contributed by atoms with Crippen LogP contribution in [0.2, 0.25) is 0 Å². The van der Waals surface area contributed by atoms with Gasteiger partial charge in [0.25, 0.3) is 0 Å². The van der Waals surface area contributed by atoms with Gasteiger partial charge in [0.2, 0.25) is 15.9 Å². The van der Waals surface area contributed by atoms with Crippen molar-refractivity contribution in [1.29, 1.82) is 0 Å². The van der Waals surface area contributed by atoms with Crippen molar-refractivity contribution in [3.63, 3.8) is 0 Å². The van der Waals surface area contributed by atoms with E-state index in [-0.39, 0.29) is 11.3 Å². The van der Waals surface area contributed by atoms with Gasteiger partial charge in [-0.1, -0.05) is 26.0 Å². The highest BCUT2D eigenvalue weighted by Crippen LogP contribution is 2.25. The minimum atomic E-state index is -4.29. The summed E-state index contributed by atoms with van der Waals surface area (Å²) in [5.74, 6) is -2.60. The number of anilines is 1. The van der Waals surface area contributed by atoms with Crippen LogP contribution in [0.4, 0.5) is 10.1 Å². The molecule has 0 radical (unpaired) electrons. The summed E-state index contributed by atoms with van der Waals surface area (Å²) >= 11 is 0. The van der Waals surface area contributed by atoms with E-state index in [1.165, 1.54) is 25.3 Å². The van der Waals surface area contributed by atoms with E-state index in [1.54, 1.807) is 32.2 Å². The number of fused-ring (bicyclic) bond motifs is 1. The molecule has 1 heterocycles. The number of sulfonamides is 1. The maximum absolute atomic E-state index is 14.0. The summed E-state index contributed by atoms with van der Waals surface area (Å²) in [5, 5.41) is 3.24. The minimum absolute atomic E-state index is 0.240. The summed E-state index contributed by atoms with van der Waals surface area (Å²) in [6.45, 7) is 3.31. The van der Waals surface area contributed by atoms with Crippen molar-refractivity contribution in [3.05, 3.63) is 60.0 Å². The van der Waals surface area contributed by atoms with Crippen LogP contribution in [0, 0.1) is 11.7 Å². The number of esters is 1. The molecule has 0 fully saturated rings. The van der Waals surface area contributed by atoms with Crippen molar-refractivity contribution >= 4 is 38.5 Å². The Labute approximate surface area is 178 Å². The second kappa shape index (κ2) is 8.86. The van der Waals surface area contributed by atoms with Gasteiger partial charge in [0, 0.05) is 22.8 Å². The van der Waals surface area contributed by atoms with Crippen molar-refractivity contribution in [3.8, 4) is 0 Å². The van der Waals surface area contributed by atoms with Gasteiger partial charge in [0.1, 0.15) is 16.8 Å². The van der Waals surface area contributed by atoms with Gasteiger partial charge in [-0.05, 0) is 36.2 Å². The van der Waals surface area contributed by atoms with Gasteiger partial charge in [-0.2, -0.15) is 4.72 Å². The topological polar surface area (TPSA) is 117 Å². The maximum Gasteiger partial charge on any atom is 0.338 e. The molecule has 0 saturated heterocycles. The molecule has 1 aromatic heterocycles. The van der Waals surface area contributed by atoms with Crippen LogP contribution >= 0.6 is 0 Å². The average Bonchev–Trinajstić information content (AvgIpc) is 3.19. The van der Waals surface area contributed by atoms with Gasteiger partial charge in [-0.3, -0.25) is 4.79 Å². The lowest BCUT2D eigenvalue weighted by atomic mass is 10.0. The van der Waals surface area contributed by atoms with Crippen molar-refractivity contribution in [1.82, 2.24) is 9.71 Å². The number of carbonyl (C=O) groups is 2. The fraction of sp³-hybridized carbons (Fsp3) is 0.238. The molecule has 2 aromatic carbocycles. The molecule has 0 aliphatic heterocycles. The van der Waals surface area contributed by atoms with Crippen LogP contribution in [0.15, 0.2) is 53.6 Å². The number of carbonyl (C=O) groups excluding carboxylic acids is 2. The molecule has 0 aliphatic rings. The normalized spacial score (nSPS) is 12.7. The Morgan fingerprint density at radius 2 is 1.84 bits per heavy atom. The van der Waals surface area contributed by atoms with E-state index < -0.39 is 44.6 Å². The number of H-pyrrole nitrogens is 1. The first-order chi connectivity index (χ1) is 14.6. The Balaban J connectivity index is 1.90. The number of nitrogens with one attached hydrogen (secondary N) is 3. The van der Waals surface area contributed by atoms with E-state index in [9.17, 15) is 22.4 Å². The Hall–Kier alpha value is -3.24. The molecule has 10 heteroatoms. The molecule has 3 rings (SSSR count). The smallest absolute Gasteiger partial charge is 0.338 e. The monoisotopic (exact) mass is 447 g/mol. The van der Waals surface area contributed by atoms with E-state index in [0.717, 1.165) is 12.1 Å². The SMILES string of the molecule is COC(=O)c1cc(NC(=O)[C@@H](NS(=O)(=O)c2ccccc2F)C(C)C)cc2[nH]ccc12. The number of aromatic nitrogens is 1. The van der Waals surface area contributed by atoms with Crippen LogP contribution in [0.5, 0.6) is 0 Å². The average molecular weight is 447 g/mol. The quantitative estimate of drug-likeness (QED) is 0.481. The molecule has 3 aromatic rings. The molecule has 1 amide bonds. The number of ether oxygens (including phenoxy) is 1. The first-order valence-corrected chi connectivity index (χ1v) is 10.9. The Bertz CT molecular complexity index is 1240. The van der Waals surface area contributed by atoms with Crippen molar-refractivity contribution in [2.75, 3.05) is 12.4 Å². The first-order valence-electron chi connectivity index (χ1n) is 9.41. The third-order valence-electron chi connectivity index (χ3n) is 4.70. The molecule has 3 N–H and O–H groups in total.